The maximum Gasteiger partial charge on any atom is 0.255 e. The van der Waals surface area contributed by atoms with Crippen molar-refractivity contribution in [2.75, 3.05) is 12.3 Å². The molecule has 0 saturated carbocycles. The van der Waals surface area contributed by atoms with Crippen LogP contribution in [0.25, 0.3) is 0 Å². The molecular weight excluding hydrogens is 304 g/mol. The molecule has 1 aromatic heterocycles. The first kappa shape index (κ1) is 16.4. The second-order valence-corrected chi connectivity index (χ2v) is 4.58. The Morgan fingerprint density at radius 3 is 2.83 bits per heavy atom. The molecule has 3 N–H and O–H groups in total. The summed E-state index contributed by atoms with van der Waals surface area (Å²) in [6.07, 6.45) is 1.50. The number of hydrogen-bond donors (Lipinski definition) is 2. The van der Waals surface area contributed by atoms with Crippen LogP contribution in [0.3, 0.4) is 0 Å². The largest absolute Gasteiger partial charge is 0.486 e. The minimum atomic E-state index is -0.780. The van der Waals surface area contributed by atoms with Gasteiger partial charge in [0.25, 0.3) is 5.91 Å². The highest BCUT2D eigenvalue weighted by molar-refractivity contribution is 5.98. The highest BCUT2D eigenvalue weighted by Crippen LogP contribution is 2.20. The number of nitrogens with two attached hydrogens (primary N) is 1. The lowest BCUT2D eigenvalue weighted by Gasteiger charge is -2.10. The van der Waals surface area contributed by atoms with Crippen molar-refractivity contribution in [1.82, 2.24) is 10.3 Å². The number of pyridine rings is 1. The quantitative estimate of drug-likeness (QED) is 0.633. The Labute approximate surface area is 131 Å². The van der Waals surface area contributed by atoms with E-state index < -0.39 is 17.7 Å². The molecule has 2 rings (SSSR count). The van der Waals surface area contributed by atoms with Gasteiger partial charge in [0, 0.05) is 12.1 Å². The van der Waals surface area contributed by atoms with Crippen molar-refractivity contribution in [3.63, 3.8) is 0 Å². The molecule has 0 fully saturated rings. The second-order valence-electron chi connectivity index (χ2n) is 4.58. The Kier molecular flexibility index (Phi) is 5.24. The highest BCUT2D eigenvalue weighted by Gasteiger charge is 2.14. The molecule has 7 heteroatoms. The van der Waals surface area contributed by atoms with Gasteiger partial charge in [0.2, 0.25) is 5.95 Å². The molecule has 5 nitrogen and oxygen atoms in total. The zero-order chi connectivity index (χ0) is 16.8. The number of hydrogen-bond acceptors (Lipinski definition) is 4. The summed E-state index contributed by atoms with van der Waals surface area (Å²) in [5.41, 5.74) is 5.75. The Morgan fingerprint density at radius 2 is 2.13 bits per heavy atom. The third kappa shape index (κ3) is 4.03. The van der Waals surface area contributed by atoms with Gasteiger partial charge >= 0.3 is 0 Å². The number of rotatable bonds is 6. The highest BCUT2D eigenvalue weighted by atomic mass is 19.1. The number of aromatic nitrogens is 1. The Balaban J connectivity index is 2.08. The van der Waals surface area contributed by atoms with Gasteiger partial charge in [-0.15, -0.1) is 0 Å². The van der Waals surface area contributed by atoms with E-state index in [1.54, 1.807) is 6.07 Å². The number of nitrogen functional groups attached to an aromatic ring is 1. The normalized spacial score (nSPS) is 10.2. The van der Waals surface area contributed by atoms with Gasteiger partial charge in [0.05, 0.1) is 5.56 Å². The molecule has 0 saturated heterocycles. The first-order valence-corrected chi connectivity index (χ1v) is 6.74. The topological polar surface area (TPSA) is 77.2 Å². The Bertz CT molecular complexity index is 735. The van der Waals surface area contributed by atoms with E-state index in [2.05, 4.69) is 16.9 Å². The second kappa shape index (κ2) is 7.35. The molecular formula is C16H15F2N3O2. The molecule has 1 aromatic carbocycles. The lowest BCUT2D eigenvalue weighted by Crippen LogP contribution is -2.24. The van der Waals surface area contributed by atoms with Crippen molar-refractivity contribution in [1.29, 1.82) is 0 Å². The van der Waals surface area contributed by atoms with Gasteiger partial charge in [-0.05, 0) is 18.2 Å². The third-order valence-electron chi connectivity index (χ3n) is 2.97. The molecule has 23 heavy (non-hydrogen) atoms. The van der Waals surface area contributed by atoms with Crippen molar-refractivity contribution >= 4 is 11.7 Å². The summed E-state index contributed by atoms with van der Waals surface area (Å²) in [5.74, 6) is -2.09. The van der Waals surface area contributed by atoms with Crippen molar-refractivity contribution < 1.29 is 18.3 Å². The molecule has 0 aliphatic heterocycles. The summed E-state index contributed by atoms with van der Waals surface area (Å²) < 4.78 is 32.2. The van der Waals surface area contributed by atoms with Gasteiger partial charge in [-0.3, -0.25) is 4.79 Å². The summed E-state index contributed by atoms with van der Waals surface area (Å²) in [7, 11) is 0. The van der Waals surface area contributed by atoms with E-state index in [4.69, 9.17) is 10.5 Å². The summed E-state index contributed by atoms with van der Waals surface area (Å²) >= 11 is 0. The molecule has 0 radical (unpaired) electrons. The van der Waals surface area contributed by atoms with Gasteiger partial charge in [0.1, 0.15) is 12.4 Å². The van der Waals surface area contributed by atoms with Crippen molar-refractivity contribution in [3.8, 4) is 5.75 Å². The monoisotopic (exact) mass is 319 g/mol. The summed E-state index contributed by atoms with van der Waals surface area (Å²) in [6.45, 7) is 3.58. The van der Waals surface area contributed by atoms with E-state index in [1.807, 2.05) is 0 Å². The molecule has 0 aliphatic carbocycles. The fraction of sp³-hybridized carbons (Fsp3) is 0.125. The van der Waals surface area contributed by atoms with Gasteiger partial charge in [-0.2, -0.15) is 4.39 Å². The van der Waals surface area contributed by atoms with E-state index in [1.165, 1.54) is 24.3 Å². The molecule has 1 amide bonds. The average molecular weight is 319 g/mol. The third-order valence-corrected chi connectivity index (χ3v) is 2.97. The van der Waals surface area contributed by atoms with Crippen LogP contribution in [0, 0.1) is 11.8 Å². The number of nitrogens with one attached hydrogen (secondary N) is 1. The smallest absolute Gasteiger partial charge is 0.255 e. The average Bonchev–Trinajstić information content (AvgIpc) is 2.52. The lowest BCUT2D eigenvalue weighted by atomic mass is 10.2. The summed E-state index contributed by atoms with van der Waals surface area (Å²) in [5, 5.41) is 2.50. The minimum Gasteiger partial charge on any atom is -0.486 e. The summed E-state index contributed by atoms with van der Waals surface area (Å²) in [6, 6.07) is 6.84. The minimum absolute atomic E-state index is 0.0193. The number of carbonyl (C=O) groups excluding carboxylic acids is 1. The van der Waals surface area contributed by atoms with E-state index in [0.29, 0.717) is 0 Å². The number of benzene rings is 1. The zero-order valence-corrected chi connectivity index (χ0v) is 12.2. The summed E-state index contributed by atoms with van der Waals surface area (Å²) in [4.78, 5) is 15.4. The maximum absolute atomic E-state index is 14.2. The predicted molar refractivity (Wildman–Crippen MR) is 81.9 cm³/mol. The molecule has 120 valence electrons. The van der Waals surface area contributed by atoms with Crippen LogP contribution in [-0.4, -0.2) is 17.5 Å². The van der Waals surface area contributed by atoms with Crippen LogP contribution in [-0.2, 0) is 6.54 Å². The number of halogens is 2. The number of carbonyl (C=O) groups is 1. The van der Waals surface area contributed by atoms with Gasteiger partial charge in [-0.25, -0.2) is 9.37 Å². The van der Waals surface area contributed by atoms with Gasteiger partial charge in [-0.1, -0.05) is 24.8 Å². The number of ether oxygens (including phenoxy) is 1. The van der Waals surface area contributed by atoms with Crippen LogP contribution in [0.1, 0.15) is 15.9 Å². The number of anilines is 1. The van der Waals surface area contributed by atoms with Crippen molar-refractivity contribution in [3.05, 3.63) is 65.9 Å². The van der Waals surface area contributed by atoms with E-state index >= 15 is 0 Å². The van der Waals surface area contributed by atoms with Crippen molar-refractivity contribution in [2.45, 2.75) is 6.54 Å². The maximum atomic E-state index is 14.2. The Morgan fingerprint density at radius 1 is 1.35 bits per heavy atom. The van der Waals surface area contributed by atoms with E-state index in [9.17, 15) is 13.6 Å². The lowest BCUT2D eigenvalue weighted by molar-refractivity contribution is 0.0951. The molecule has 0 bridgehead atoms. The molecule has 0 unspecified atom stereocenters. The standard InChI is InChI=1S/C16H15F2N3O2/c1-2-8-23-12-5-3-4-10(14(12)18)9-20-16(22)11-6-7-13(17)21-15(11)19/h2-7H,1,8-9H2,(H2,19,21)(H,20,22). The fourth-order valence-electron chi connectivity index (χ4n) is 1.87. The Hall–Kier alpha value is -2.96. The fourth-order valence-corrected chi connectivity index (χ4v) is 1.87. The number of amides is 1. The molecule has 0 aliphatic rings. The van der Waals surface area contributed by atoms with Crippen LogP contribution in [0.5, 0.6) is 5.75 Å². The van der Waals surface area contributed by atoms with Crippen LogP contribution in [0.4, 0.5) is 14.6 Å². The van der Waals surface area contributed by atoms with Crippen LogP contribution in [0.2, 0.25) is 0 Å². The van der Waals surface area contributed by atoms with Crippen molar-refractivity contribution in [2.24, 2.45) is 0 Å². The first-order valence-electron chi connectivity index (χ1n) is 6.74. The van der Waals surface area contributed by atoms with E-state index in [-0.39, 0.29) is 35.8 Å². The van der Waals surface area contributed by atoms with E-state index in [0.717, 1.165) is 6.07 Å². The molecule has 0 atom stereocenters. The number of nitrogens with zero attached hydrogens (tertiary/aromatic N) is 1. The first-order chi connectivity index (χ1) is 11.0. The zero-order valence-electron chi connectivity index (χ0n) is 12.2. The van der Waals surface area contributed by atoms with Gasteiger partial charge in [0.15, 0.2) is 11.6 Å². The SMILES string of the molecule is C=CCOc1cccc(CNC(=O)c2ccc(F)nc2N)c1F. The van der Waals surface area contributed by atoms with Gasteiger partial charge < -0.3 is 15.8 Å². The molecule has 1 heterocycles. The van der Waals surface area contributed by atoms with Crippen LogP contribution < -0.4 is 15.8 Å². The predicted octanol–water partition coefficient (Wildman–Crippen LogP) is 2.44. The molecule has 2 aromatic rings. The van der Waals surface area contributed by atoms with Crippen LogP contribution in [0.15, 0.2) is 43.0 Å². The molecule has 0 spiro atoms. The van der Waals surface area contributed by atoms with Crippen LogP contribution >= 0.6 is 0 Å².